The monoisotopic (exact) mass is 237 g/mol. The molecule has 1 aromatic heterocycles. The van der Waals surface area contributed by atoms with Gasteiger partial charge in [-0.2, -0.15) is 0 Å². The molecular weight excluding hydrogens is 222 g/mol. The second kappa shape index (κ2) is 4.73. The van der Waals surface area contributed by atoms with Gasteiger partial charge in [0.2, 0.25) is 0 Å². The average molecular weight is 237 g/mol. The molecule has 3 rings (SSSR count). The van der Waals surface area contributed by atoms with Crippen molar-refractivity contribution in [2.24, 2.45) is 0 Å². The number of fused-ring (bicyclic) bond motifs is 1. The third kappa shape index (κ3) is 2.06. The van der Waals surface area contributed by atoms with E-state index in [1.807, 2.05) is 18.2 Å². The Morgan fingerprint density at radius 1 is 1.17 bits per heavy atom. The van der Waals surface area contributed by atoms with E-state index in [-0.39, 0.29) is 5.92 Å². The van der Waals surface area contributed by atoms with Crippen LogP contribution in [0.5, 0.6) is 0 Å². The highest BCUT2D eigenvalue weighted by molar-refractivity contribution is 5.88. The Bertz CT molecular complexity index is 562. The van der Waals surface area contributed by atoms with E-state index in [9.17, 15) is 4.79 Å². The molecular formula is C16H15NO. The normalized spacial score (nSPS) is 17.4. The Hall–Kier alpha value is -1.96. The number of aryl methyl sites for hydroxylation is 1. The van der Waals surface area contributed by atoms with Crippen LogP contribution < -0.4 is 0 Å². The van der Waals surface area contributed by atoms with E-state index in [0.29, 0.717) is 12.2 Å². The van der Waals surface area contributed by atoms with Gasteiger partial charge in [-0.15, -0.1) is 0 Å². The first kappa shape index (κ1) is 11.1. The standard InChI is InChI=1S/C16H15NO/c18-16(11-12-7-9-17-10-8-12)15-6-5-13-3-1-2-4-14(13)15/h1-4,7-10,15H,5-6,11H2. The average Bonchev–Trinajstić information content (AvgIpc) is 2.84. The van der Waals surface area contributed by atoms with E-state index < -0.39 is 0 Å². The predicted molar refractivity (Wildman–Crippen MR) is 70.5 cm³/mol. The van der Waals surface area contributed by atoms with Gasteiger partial charge in [-0.05, 0) is 41.7 Å². The topological polar surface area (TPSA) is 30.0 Å². The highest BCUT2D eigenvalue weighted by atomic mass is 16.1. The number of pyridine rings is 1. The molecule has 0 radical (unpaired) electrons. The maximum absolute atomic E-state index is 12.4. The predicted octanol–water partition coefficient (Wildman–Crippen LogP) is 2.92. The molecule has 0 spiro atoms. The van der Waals surface area contributed by atoms with Crippen LogP contribution in [0.2, 0.25) is 0 Å². The number of hydrogen-bond acceptors (Lipinski definition) is 2. The highest BCUT2D eigenvalue weighted by Crippen LogP contribution is 2.34. The fourth-order valence-corrected chi connectivity index (χ4v) is 2.72. The lowest BCUT2D eigenvalue weighted by Gasteiger charge is -2.10. The molecule has 0 saturated heterocycles. The van der Waals surface area contributed by atoms with E-state index in [1.165, 1.54) is 11.1 Å². The van der Waals surface area contributed by atoms with Gasteiger partial charge in [-0.25, -0.2) is 0 Å². The Balaban J connectivity index is 1.79. The fourth-order valence-electron chi connectivity index (χ4n) is 2.72. The number of aromatic nitrogens is 1. The van der Waals surface area contributed by atoms with Crippen molar-refractivity contribution in [1.82, 2.24) is 4.98 Å². The lowest BCUT2D eigenvalue weighted by molar-refractivity contribution is -0.119. The third-order valence-electron chi connectivity index (χ3n) is 3.65. The molecule has 90 valence electrons. The minimum atomic E-state index is 0.0920. The van der Waals surface area contributed by atoms with Gasteiger partial charge in [0.15, 0.2) is 0 Å². The third-order valence-corrected chi connectivity index (χ3v) is 3.65. The molecule has 18 heavy (non-hydrogen) atoms. The molecule has 0 N–H and O–H groups in total. The van der Waals surface area contributed by atoms with Crippen LogP contribution in [0.3, 0.4) is 0 Å². The molecule has 1 aliphatic carbocycles. The molecule has 1 aromatic carbocycles. The van der Waals surface area contributed by atoms with Crippen molar-refractivity contribution in [1.29, 1.82) is 0 Å². The van der Waals surface area contributed by atoms with Crippen LogP contribution in [0.15, 0.2) is 48.8 Å². The summed E-state index contributed by atoms with van der Waals surface area (Å²) in [5, 5.41) is 0. The number of rotatable bonds is 3. The molecule has 1 heterocycles. The Morgan fingerprint density at radius 3 is 2.78 bits per heavy atom. The molecule has 1 atom stereocenters. The zero-order valence-electron chi connectivity index (χ0n) is 10.2. The van der Waals surface area contributed by atoms with Gasteiger partial charge in [-0.1, -0.05) is 24.3 Å². The number of benzene rings is 1. The first-order valence-electron chi connectivity index (χ1n) is 6.34. The zero-order chi connectivity index (χ0) is 12.4. The summed E-state index contributed by atoms with van der Waals surface area (Å²) in [5.74, 6) is 0.417. The number of carbonyl (C=O) groups is 1. The molecule has 2 aromatic rings. The lowest BCUT2D eigenvalue weighted by Crippen LogP contribution is -2.12. The van der Waals surface area contributed by atoms with Crippen molar-refractivity contribution in [3.05, 3.63) is 65.5 Å². The Kier molecular flexibility index (Phi) is 2.93. The summed E-state index contributed by atoms with van der Waals surface area (Å²) in [6.45, 7) is 0. The SMILES string of the molecule is O=C(Cc1ccncc1)C1CCc2ccccc21. The summed E-state index contributed by atoms with van der Waals surface area (Å²) in [4.78, 5) is 16.3. The smallest absolute Gasteiger partial charge is 0.144 e. The molecule has 0 bridgehead atoms. The van der Waals surface area contributed by atoms with E-state index in [1.54, 1.807) is 12.4 Å². The van der Waals surface area contributed by atoms with Crippen molar-refractivity contribution in [3.8, 4) is 0 Å². The van der Waals surface area contributed by atoms with E-state index in [4.69, 9.17) is 0 Å². The molecule has 0 saturated carbocycles. The van der Waals surface area contributed by atoms with Crippen molar-refractivity contribution in [2.75, 3.05) is 0 Å². The summed E-state index contributed by atoms with van der Waals surface area (Å²) in [7, 11) is 0. The molecule has 1 aliphatic rings. The quantitative estimate of drug-likeness (QED) is 0.821. The van der Waals surface area contributed by atoms with E-state index >= 15 is 0 Å². The lowest BCUT2D eigenvalue weighted by atomic mass is 9.93. The van der Waals surface area contributed by atoms with Crippen molar-refractivity contribution in [3.63, 3.8) is 0 Å². The van der Waals surface area contributed by atoms with Crippen LogP contribution >= 0.6 is 0 Å². The number of Topliss-reactive ketones (excluding diaryl/α,β-unsaturated/α-hetero) is 1. The van der Waals surface area contributed by atoms with Gasteiger partial charge in [0.05, 0.1) is 0 Å². The molecule has 1 unspecified atom stereocenters. The largest absolute Gasteiger partial charge is 0.299 e. The molecule has 2 heteroatoms. The number of carbonyl (C=O) groups excluding carboxylic acids is 1. The van der Waals surface area contributed by atoms with E-state index in [2.05, 4.69) is 23.2 Å². The molecule has 0 aliphatic heterocycles. The van der Waals surface area contributed by atoms with Gasteiger partial charge in [-0.3, -0.25) is 9.78 Å². The first-order valence-corrected chi connectivity index (χ1v) is 6.34. The summed E-state index contributed by atoms with van der Waals surface area (Å²) in [6, 6.07) is 12.1. The van der Waals surface area contributed by atoms with Crippen LogP contribution in [0.25, 0.3) is 0 Å². The van der Waals surface area contributed by atoms with Crippen LogP contribution in [0.1, 0.15) is 29.0 Å². The Labute approximate surface area is 107 Å². The second-order valence-corrected chi connectivity index (χ2v) is 4.79. The van der Waals surface area contributed by atoms with Gasteiger partial charge in [0.25, 0.3) is 0 Å². The fraction of sp³-hybridized carbons (Fsp3) is 0.250. The van der Waals surface area contributed by atoms with Crippen LogP contribution in [0.4, 0.5) is 0 Å². The van der Waals surface area contributed by atoms with Gasteiger partial charge in [0.1, 0.15) is 5.78 Å². The van der Waals surface area contributed by atoms with Crippen molar-refractivity contribution in [2.45, 2.75) is 25.2 Å². The number of hydrogen-bond donors (Lipinski definition) is 0. The van der Waals surface area contributed by atoms with Crippen molar-refractivity contribution >= 4 is 5.78 Å². The highest BCUT2D eigenvalue weighted by Gasteiger charge is 2.27. The molecule has 2 nitrogen and oxygen atoms in total. The van der Waals surface area contributed by atoms with Gasteiger partial charge >= 0.3 is 0 Å². The van der Waals surface area contributed by atoms with Crippen LogP contribution in [0, 0.1) is 0 Å². The second-order valence-electron chi connectivity index (χ2n) is 4.79. The molecule has 0 amide bonds. The Morgan fingerprint density at radius 2 is 1.94 bits per heavy atom. The van der Waals surface area contributed by atoms with Crippen LogP contribution in [-0.4, -0.2) is 10.8 Å². The first-order chi connectivity index (χ1) is 8.84. The summed E-state index contributed by atoms with van der Waals surface area (Å²) >= 11 is 0. The van der Waals surface area contributed by atoms with E-state index in [0.717, 1.165) is 18.4 Å². The summed E-state index contributed by atoms with van der Waals surface area (Å²) in [5.41, 5.74) is 3.63. The maximum Gasteiger partial charge on any atom is 0.144 e. The number of ketones is 1. The zero-order valence-corrected chi connectivity index (χ0v) is 10.2. The summed E-state index contributed by atoms with van der Waals surface area (Å²) < 4.78 is 0. The summed E-state index contributed by atoms with van der Waals surface area (Å²) in [6.07, 6.45) is 5.99. The van der Waals surface area contributed by atoms with Crippen LogP contribution in [-0.2, 0) is 17.6 Å². The maximum atomic E-state index is 12.4. The minimum absolute atomic E-state index is 0.0920. The van der Waals surface area contributed by atoms with Crippen molar-refractivity contribution < 1.29 is 4.79 Å². The molecule has 0 fully saturated rings. The van der Waals surface area contributed by atoms with Gasteiger partial charge in [0, 0.05) is 24.7 Å². The van der Waals surface area contributed by atoms with Gasteiger partial charge < -0.3 is 0 Å². The minimum Gasteiger partial charge on any atom is -0.299 e. The number of nitrogens with zero attached hydrogens (tertiary/aromatic N) is 1.